The molecule has 0 rings (SSSR count). The van der Waals surface area contributed by atoms with Crippen molar-refractivity contribution in [3.8, 4) is 0 Å². The van der Waals surface area contributed by atoms with Gasteiger partial charge in [-0.15, -0.1) is 0 Å². The second kappa shape index (κ2) is 13.1. The molecule has 3 atom stereocenters. The van der Waals surface area contributed by atoms with Gasteiger partial charge in [0.15, 0.2) is 5.25 Å². The van der Waals surface area contributed by atoms with Crippen molar-refractivity contribution in [2.75, 3.05) is 0 Å². The van der Waals surface area contributed by atoms with Crippen molar-refractivity contribution in [1.82, 2.24) is 0 Å². The number of esters is 1. The minimum Gasteiger partial charge on any atom is -0.481 e. The van der Waals surface area contributed by atoms with Crippen LogP contribution in [-0.2, 0) is 24.4 Å². The minimum absolute atomic E-state index is 0.0336. The normalized spacial score (nSPS) is 16.7. The number of halogens is 13. The Balaban J connectivity index is 6.68. The summed E-state index contributed by atoms with van der Waals surface area (Å²) in [4.78, 5) is 23.0. The van der Waals surface area contributed by atoms with Crippen LogP contribution in [0.1, 0.15) is 58.8 Å². The number of hydrogen-bond donors (Lipinski definition) is 2. The molecule has 0 amide bonds. The number of carbonyl (C=O) groups excluding carboxylic acids is 1. The number of alkyl halides is 13. The summed E-state index contributed by atoms with van der Waals surface area (Å²) in [5.41, 5.74) is 0. The molecule has 0 aliphatic heterocycles. The maximum atomic E-state index is 14.5. The van der Waals surface area contributed by atoms with Crippen LogP contribution in [0, 0.1) is 5.92 Å². The lowest BCUT2D eigenvalue weighted by Gasteiger charge is -2.40. The predicted octanol–water partition coefficient (Wildman–Crippen LogP) is 6.36. The highest BCUT2D eigenvalue weighted by molar-refractivity contribution is 7.87. The van der Waals surface area contributed by atoms with E-state index in [1.54, 1.807) is 6.92 Å². The monoisotopic (exact) mass is 656 g/mol. The summed E-state index contributed by atoms with van der Waals surface area (Å²) < 4.78 is 211. The molecule has 2 N–H and O–H groups in total. The van der Waals surface area contributed by atoms with Gasteiger partial charge in [-0.1, -0.05) is 39.5 Å². The number of unbranched alkanes of at least 4 members (excludes halogenated alkanes) is 1. The average Bonchev–Trinajstić information content (AvgIpc) is 2.77. The van der Waals surface area contributed by atoms with E-state index < -0.39 is 94.4 Å². The Hall–Kier alpha value is -2.06. The van der Waals surface area contributed by atoms with Crippen molar-refractivity contribution in [2.24, 2.45) is 5.92 Å². The molecule has 0 aliphatic carbocycles. The maximum absolute atomic E-state index is 14.5. The van der Waals surface area contributed by atoms with Gasteiger partial charge in [0.1, 0.15) is 6.10 Å². The van der Waals surface area contributed by atoms with Crippen LogP contribution in [0.15, 0.2) is 0 Å². The fourth-order valence-corrected chi connectivity index (χ4v) is 4.10. The zero-order valence-electron chi connectivity index (χ0n) is 20.9. The van der Waals surface area contributed by atoms with Crippen LogP contribution in [0.2, 0.25) is 0 Å². The fourth-order valence-electron chi connectivity index (χ4n) is 3.45. The topological polar surface area (TPSA) is 118 Å². The van der Waals surface area contributed by atoms with Crippen LogP contribution in [0.4, 0.5) is 57.1 Å². The zero-order valence-corrected chi connectivity index (χ0v) is 21.8. The molecule has 0 aromatic rings. The molecule has 0 spiro atoms. The predicted molar refractivity (Wildman–Crippen MR) is 111 cm³/mol. The van der Waals surface area contributed by atoms with Gasteiger partial charge in [-0.2, -0.15) is 65.5 Å². The summed E-state index contributed by atoms with van der Waals surface area (Å²) in [6.45, 7) is 2.96. The molecule has 0 bridgehead atoms. The van der Waals surface area contributed by atoms with E-state index in [4.69, 9.17) is 9.66 Å². The van der Waals surface area contributed by atoms with E-state index >= 15 is 0 Å². The molecule has 244 valence electrons. The van der Waals surface area contributed by atoms with Crippen molar-refractivity contribution < 1.29 is 89.5 Å². The minimum atomic E-state index is -8.15. The van der Waals surface area contributed by atoms with Crippen LogP contribution in [0.25, 0.3) is 0 Å². The Morgan fingerprint density at radius 3 is 1.63 bits per heavy atom. The molecule has 41 heavy (non-hydrogen) atoms. The van der Waals surface area contributed by atoms with Crippen molar-refractivity contribution >= 4 is 22.1 Å². The van der Waals surface area contributed by atoms with Gasteiger partial charge in [0.2, 0.25) is 0 Å². The van der Waals surface area contributed by atoms with Gasteiger partial charge in [-0.05, 0) is 12.3 Å². The second-order valence-electron chi connectivity index (χ2n) is 9.02. The van der Waals surface area contributed by atoms with Crippen LogP contribution in [0.3, 0.4) is 0 Å². The highest BCUT2D eigenvalue weighted by Gasteiger charge is 2.90. The zero-order chi connectivity index (χ0) is 33.0. The third-order valence-electron chi connectivity index (χ3n) is 5.89. The van der Waals surface area contributed by atoms with Gasteiger partial charge in [0.05, 0.1) is 12.8 Å². The lowest BCUT2D eigenvalue weighted by Crippen LogP contribution is -2.70. The van der Waals surface area contributed by atoms with Crippen molar-refractivity contribution in [3.05, 3.63) is 0 Å². The fraction of sp³-hybridized carbons (Fsp3) is 0.900. The van der Waals surface area contributed by atoms with E-state index in [1.165, 1.54) is 6.92 Å². The van der Waals surface area contributed by atoms with E-state index in [2.05, 4.69) is 4.74 Å². The third kappa shape index (κ3) is 8.50. The van der Waals surface area contributed by atoms with Crippen LogP contribution >= 0.6 is 0 Å². The van der Waals surface area contributed by atoms with E-state index in [9.17, 15) is 75.1 Å². The van der Waals surface area contributed by atoms with Crippen molar-refractivity contribution in [1.29, 1.82) is 0 Å². The van der Waals surface area contributed by atoms with E-state index in [0.717, 1.165) is 0 Å². The maximum Gasteiger partial charge on any atom is 0.460 e. The first-order valence-corrected chi connectivity index (χ1v) is 12.9. The Morgan fingerprint density at radius 1 is 0.805 bits per heavy atom. The molecule has 0 fully saturated rings. The molecule has 3 unspecified atom stereocenters. The third-order valence-corrected chi connectivity index (χ3v) is 6.97. The SMILES string of the molecule is CCCCC(CC)CC(CC(F)(F)C(F)(F)C(F)(F)C(F)(F)C(F)(F)C(F)(F)F)OC(=O)C(CC(=O)O)S(=O)(=O)O. The lowest BCUT2D eigenvalue weighted by molar-refractivity contribution is -0.440. The lowest BCUT2D eigenvalue weighted by atomic mass is 9.87. The first kappa shape index (κ1) is 38.9. The first-order chi connectivity index (χ1) is 18.0. The van der Waals surface area contributed by atoms with Gasteiger partial charge in [-0.3, -0.25) is 14.1 Å². The quantitative estimate of drug-likeness (QED) is 0.106. The van der Waals surface area contributed by atoms with Crippen molar-refractivity contribution in [3.63, 3.8) is 0 Å². The molecular weight excluding hydrogens is 631 g/mol. The van der Waals surface area contributed by atoms with Crippen LogP contribution in [-0.4, -0.2) is 77.2 Å². The number of carbonyl (C=O) groups is 2. The number of carboxylic acids is 1. The number of hydrogen-bond acceptors (Lipinski definition) is 5. The van der Waals surface area contributed by atoms with Crippen LogP contribution in [0.5, 0.6) is 0 Å². The number of aliphatic carboxylic acids is 1. The molecule has 0 saturated carbocycles. The number of ether oxygens (including phenoxy) is 1. The summed E-state index contributed by atoms with van der Waals surface area (Å²) in [6, 6.07) is 0. The molecule has 0 heterocycles. The summed E-state index contributed by atoms with van der Waals surface area (Å²) in [5.74, 6) is -43.9. The standard InChI is InChI=1S/C20H25F13O7S/c1-3-5-6-10(4-2)7-11(40-14(36)12(8-13(34)35)41(37,38)39)9-15(21,22)16(23,24)17(25,26)18(27,28)19(29,30)20(31,32)33/h10-12H,3-9H2,1-2H3,(H,34,35)(H,37,38,39). The first-order valence-electron chi connectivity index (χ1n) is 11.4. The van der Waals surface area contributed by atoms with E-state index in [1.807, 2.05) is 0 Å². The summed E-state index contributed by atoms with van der Waals surface area (Å²) in [5, 5.41) is 5.61. The molecular formula is C20H25F13O7S. The molecule has 0 aromatic carbocycles. The molecule has 0 aliphatic rings. The largest absolute Gasteiger partial charge is 0.481 e. The summed E-state index contributed by atoms with van der Waals surface area (Å²) in [7, 11) is -5.70. The van der Waals surface area contributed by atoms with Gasteiger partial charge in [-0.25, -0.2) is 0 Å². The Bertz CT molecular complexity index is 1010. The smallest absolute Gasteiger partial charge is 0.460 e. The molecule has 21 heteroatoms. The molecule has 7 nitrogen and oxygen atoms in total. The number of rotatable bonds is 17. The van der Waals surface area contributed by atoms with Crippen LogP contribution < -0.4 is 0 Å². The summed E-state index contributed by atoms with van der Waals surface area (Å²) in [6.07, 6.45) is -15.5. The van der Waals surface area contributed by atoms with Gasteiger partial charge < -0.3 is 9.84 Å². The van der Waals surface area contributed by atoms with Crippen molar-refractivity contribution in [2.45, 2.75) is 106 Å². The highest BCUT2D eigenvalue weighted by atomic mass is 32.2. The molecule has 0 saturated heterocycles. The van der Waals surface area contributed by atoms with E-state index in [0.29, 0.717) is 6.42 Å². The van der Waals surface area contributed by atoms with Gasteiger partial charge in [0, 0.05) is 0 Å². The molecule has 0 aromatic heterocycles. The van der Waals surface area contributed by atoms with E-state index in [-0.39, 0.29) is 19.3 Å². The Labute approximate surface area is 224 Å². The average molecular weight is 656 g/mol. The number of carboxylic acid groups (broad SMARTS) is 1. The highest BCUT2D eigenvalue weighted by Crippen LogP contribution is 2.61. The van der Waals surface area contributed by atoms with Gasteiger partial charge in [0.25, 0.3) is 10.1 Å². The van der Waals surface area contributed by atoms with Gasteiger partial charge >= 0.3 is 47.7 Å². The Morgan fingerprint density at radius 2 is 1.27 bits per heavy atom. The second-order valence-corrected chi connectivity index (χ2v) is 10.6. The summed E-state index contributed by atoms with van der Waals surface area (Å²) >= 11 is 0. The Kier molecular flexibility index (Phi) is 12.4. The molecule has 0 radical (unpaired) electrons.